The minimum atomic E-state index is -0.362. The summed E-state index contributed by atoms with van der Waals surface area (Å²) in [4.78, 5) is 11.5. The van der Waals surface area contributed by atoms with Crippen molar-refractivity contribution < 1.29 is 4.42 Å². The Bertz CT molecular complexity index is 958. The molecule has 1 aromatic carbocycles. The summed E-state index contributed by atoms with van der Waals surface area (Å²) in [5.41, 5.74) is 3.61. The zero-order valence-corrected chi connectivity index (χ0v) is 13.8. The summed E-state index contributed by atoms with van der Waals surface area (Å²) in [5.74, 6) is 0. The largest absolute Gasteiger partial charge is 0.423 e. The first-order valence-electron chi connectivity index (χ1n) is 7.05. The zero-order valence-electron chi connectivity index (χ0n) is 13.0. The number of aromatic nitrogens is 2. The second kappa shape index (κ2) is 5.85. The Morgan fingerprint density at radius 3 is 2.74 bits per heavy atom. The monoisotopic (exact) mass is 328 g/mol. The molecule has 2 N–H and O–H groups in total. The van der Waals surface area contributed by atoms with Gasteiger partial charge in [-0.15, -0.1) is 0 Å². The fourth-order valence-electron chi connectivity index (χ4n) is 2.31. The summed E-state index contributed by atoms with van der Waals surface area (Å²) in [7, 11) is 1.87. The van der Waals surface area contributed by atoms with Gasteiger partial charge in [0.15, 0.2) is 5.11 Å². The van der Waals surface area contributed by atoms with E-state index < -0.39 is 0 Å². The van der Waals surface area contributed by atoms with Crippen LogP contribution in [0, 0.1) is 13.8 Å². The van der Waals surface area contributed by atoms with Crippen molar-refractivity contribution in [3.63, 3.8) is 0 Å². The van der Waals surface area contributed by atoms with Gasteiger partial charge >= 0.3 is 5.63 Å². The SMILES string of the molecule is Cc1cc(=O)oc2cc(NC(=S)Nc3cnn(C)c3C)ccc12. The van der Waals surface area contributed by atoms with E-state index in [1.807, 2.05) is 33.0 Å². The second-order valence-corrected chi connectivity index (χ2v) is 5.71. The van der Waals surface area contributed by atoms with Crippen molar-refractivity contribution in [2.45, 2.75) is 13.8 Å². The molecule has 0 amide bonds. The van der Waals surface area contributed by atoms with Crippen molar-refractivity contribution >= 4 is 39.7 Å². The first-order chi connectivity index (χ1) is 10.9. The quantitative estimate of drug-likeness (QED) is 0.557. The molecule has 0 saturated heterocycles. The highest BCUT2D eigenvalue weighted by atomic mass is 32.1. The smallest absolute Gasteiger partial charge is 0.336 e. The average molecular weight is 328 g/mol. The summed E-state index contributed by atoms with van der Waals surface area (Å²) >= 11 is 5.31. The molecule has 7 heteroatoms. The standard InChI is InChI=1S/C16H16N4O2S/c1-9-6-15(21)22-14-7-11(4-5-12(9)14)18-16(23)19-13-8-17-20(3)10(13)2/h4-8H,1-3H3,(H2,18,19,23). The number of hydrogen-bond donors (Lipinski definition) is 2. The maximum absolute atomic E-state index is 11.5. The molecule has 3 aromatic rings. The molecule has 6 nitrogen and oxygen atoms in total. The zero-order chi connectivity index (χ0) is 16.6. The third kappa shape index (κ3) is 3.09. The summed E-state index contributed by atoms with van der Waals surface area (Å²) in [6.07, 6.45) is 1.71. The van der Waals surface area contributed by atoms with E-state index in [0.717, 1.165) is 28.0 Å². The van der Waals surface area contributed by atoms with Crippen LogP contribution in [-0.2, 0) is 7.05 Å². The minimum absolute atomic E-state index is 0.362. The molecule has 0 fully saturated rings. The van der Waals surface area contributed by atoms with E-state index in [2.05, 4.69) is 15.7 Å². The van der Waals surface area contributed by atoms with Gasteiger partial charge in [0.05, 0.1) is 17.6 Å². The first-order valence-corrected chi connectivity index (χ1v) is 7.46. The molecule has 0 aliphatic rings. The van der Waals surface area contributed by atoms with Crippen LogP contribution in [0.15, 0.2) is 39.7 Å². The molecule has 0 atom stereocenters. The maximum atomic E-state index is 11.5. The van der Waals surface area contributed by atoms with Crippen LogP contribution in [0.3, 0.4) is 0 Å². The highest BCUT2D eigenvalue weighted by molar-refractivity contribution is 7.80. The lowest BCUT2D eigenvalue weighted by molar-refractivity contribution is 0.560. The first kappa shape index (κ1) is 15.2. The molecule has 0 bridgehead atoms. The van der Waals surface area contributed by atoms with Gasteiger partial charge in [-0.05, 0) is 43.8 Å². The number of fused-ring (bicyclic) bond motifs is 1. The van der Waals surface area contributed by atoms with E-state index in [9.17, 15) is 4.79 Å². The van der Waals surface area contributed by atoms with Gasteiger partial charge in [0.1, 0.15) is 5.58 Å². The lowest BCUT2D eigenvalue weighted by atomic mass is 10.1. The molecule has 2 heterocycles. The number of anilines is 2. The van der Waals surface area contributed by atoms with Gasteiger partial charge in [0, 0.05) is 30.3 Å². The van der Waals surface area contributed by atoms with E-state index in [1.54, 1.807) is 16.9 Å². The molecular formula is C16H16N4O2S. The molecular weight excluding hydrogens is 312 g/mol. The molecule has 0 saturated carbocycles. The van der Waals surface area contributed by atoms with Crippen LogP contribution in [0.2, 0.25) is 0 Å². The Hall–Kier alpha value is -2.67. The molecule has 0 unspecified atom stereocenters. The summed E-state index contributed by atoms with van der Waals surface area (Å²) in [5, 5.41) is 11.7. The number of thiocarbonyl (C=S) groups is 1. The fraction of sp³-hybridized carbons (Fsp3) is 0.188. The maximum Gasteiger partial charge on any atom is 0.336 e. The predicted octanol–water partition coefficient (Wildman–Crippen LogP) is 2.95. The van der Waals surface area contributed by atoms with Gasteiger partial charge in [-0.1, -0.05) is 0 Å². The fourth-order valence-corrected chi connectivity index (χ4v) is 2.54. The van der Waals surface area contributed by atoms with Crippen LogP contribution in [0.4, 0.5) is 11.4 Å². The number of nitrogens with one attached hydrogen (secondary N) is 2. The molecule has 2 aromatic heterocycles. The predicted molar refractivity (Wildman–Crippen MR) is 95.0 cm³/mol. The molecule has 0 aliphatic carbocycles. The average Bonchev–Trinajstić information content (AvgIpc) is 2.78. The van der Waals surface area contributed by atoms with Crippen LogP contribution in [-0.4, -0.2) is 14.9 Å². The van der Waals surface area contributed by atoms with Crippen molar-refractivity contribution in [1.29, 1.82) is 0 Å². The summed E-state index contributed by atoms with van der Waals surface area (Å²) in [6, 6.07) is 7.02. The van der Waals surface area contributed by atoms with Crippen molar-refractivity contribution in [2.75, 3.05) is 10.6 Å². The van der Waals surface area contributed by atoms with E-state index >= 15 is 0 Å². The van der Waals surface area contributed by atoms with Crippen LogP contribution in [0.1, 0.15) is 11.3 Å². The molecule has 3 rings (SSSR count). The van der Waals surface area contributed by atoms with Crippen LogP contribution in [0.25, 0.3) is 11.0 Å². The Labute approximate surface area is 138 Å². The topological polar surface area (TPSA) is 72.1 Å². The highest BCUT2D eigenvalue weighted by Crippen LogP contribution is 2.21. The number of rotatable bonds is 2. The number of aryl methyl sites for hydroxylation is 2. The van der Waals surface area contributed by atoms with E-state index in [-0.39, 0.29) is 5.63 Å². The molecule has 0 radical (unpaired) electrons. The number of benzene rings is 1. The number of nitrogens with zero attached hydrogens (tertiary/aromatic N) is 2. The summed E-state index contributed by atoms with van der Waals surface area (Å²) in [6.45, 7) is 3.83. The van der Waals surface area contributed by atoms with Gasteiger partial charge in [-0.25, -0.2) is 4.79 Å². The van der Waals surface area contributed by atoms with E-state index in [4.69, 9.17) is 16.6 Å². The molecule has 0 aliphatic heterocycles. The van der Waals surface area contributed by atoms with Crippen LogP contribution in [0.5, 0.6) is 0 Å². The summed E-state index contributed by atoms with van der Waals surface area (Å²) < 4.78 is 7.00. The van der Waals surface area contributed by atoms with Gasteiger partial charge in [0.25, 0.3) is 0 Å². The third-order valence-electron chi connectivity index (χ3n) is 3.69. The van der Waals surface area contributed by atoms with Gasteiger partial charge in [-0.2, -0.15) is 5.10 Å². The van der Waals surface area contributed by atoms with Crippen LogP contribution < -0.4 is 16.3 Å². The third-order valence-corrected chi connectivity index (χ3v) is 3.90. The van der Waals surface area contributed by atoms with E-state index in [1.165, 1.54) is 6.07 Å². The van der Waals surface area contributed by atoms with Gasteiger partial charge < -0.3 is 15.1 Å². The highest BCUT2D eigenvalue weighted by Gasteiger charge is 2.07. The Kier molecular flexibility index (Phi) is 3.87. The van der Waals surface area contributed by atoms with Crippen molar-refractivity contribution in [1.82, 2.24) is 9.78 Å². The van der Waals surface area contributed by atoms with Crippen molar-refractivity contribution in [2.24, 2.45) is 7.05 Å². The lowest BCUT2D eigenvalue weighted by Crippen LogP contribution is -2.19. The second-order valence-electron chi connectivity index (χ2n) is 5.31. The van der Waals surface area contributed by atoms with Gasteiger partial charge in [-0.3, -0.25) is 4.68 Å². The van der Waals surface area contributed by atoms with Crippen molar-refractivity contribution in [3.8, 4) is 0 Å². The van der Waals surface area contributed by atoms with Gasteiger partial charge in [0.2, 0.25) is 0 Å². The molecule has 118 valence electrons. The van der Waals surface area contributed by atoms with Crippen molar-refractivity contribution in [3.05, 3.63) is 52.1 Å². The van der Waals surface area contributed by atoms with E-state index in [0.29, 0.717) is 10.7 Å². The Balaban J connectivity index is 1.82. The lowest BCUT2D eigenvalue weighted by Gasteiger charge is -2.11. The molecule has 0 spiro atoms. The van der Waals surface area contributed by atoms with Crippen LogP contribution >= 0.6 is 12.2 Å². The normalized spacial score (nSPS) is 10.7. The Morgan fingerprint density at radius 2 is 2.04 bits per heavy atom. The molecule has 23 heavy (non-hydrogen) atoms. The Morgan fingerprint density at radius 1 is 1.26 bits per heavy atom. The minimum Gasteiger partial charge on any atom is -0.423 e. The number of hydrogen-bond acceptors (Lipinski definition) is 4.